The van der Waals surface area contributed by atoms with E-state index < -0.39 is 0 Å². The normalized spacial score (nSPS) is 17.8. The first-order valence-electron chi connectivity index (χ1n) is 6.67. The largest absolute Gasteiger partial charge is 0.338 e. The smallest absolute Gasteiger partial charge is 0.227 e. The lowest BCUT2D eigenvalue weighted by atomic mass is 9.98. The van der Waals surface area contributed by atoms with Crippen molar-refractivity contribution in [2.45, 2.75) is 26.3 Å². The molecule has 5 nitrogen and oxygen atoms in total. The highest BCUT2D eigenvalue weighted by Crippen LogP contribution is 2.15. The van der Waals surface area contributed by atoms with Gasteiger partial charge in [-0.1, -0.05) is 0 Å². The second-order valence-electron chi connectivity index (χ2n) is 4.92. The van der Waals surface area contributed by atoms with E-state index in [4.69, 9.17) is 0 Å². The Labute approximate surface area is 132 Å². The molecular formula is C13H24Cl2N4O. The predicted octanol–water partition coefficient (Wildman–Crippen LogP) is 1.61. The molecule has 2 heterocycles. The van der Waals surface area contributed by atoms with E-state index in [2.05, 4.69) is 10.4 Å². The summed E-state index contributed by atoms with van der Waals surface area (Å²) in [7, 11) is 1.90. The van der Waals surface area contributed by atoms with Gasteiger partial charge in [-0.25, -0.2) is 0 Å². The molecule has 1 amide bonds. The fourth-order valence-corrected chi connectivity index (χ4v) is 2.44. The molecule has 0 radical (unpaired) electrons. The average molecular weight is 323 g/mol. The quantitative estimate of drug-likeness (QED) is 0.916. The van der Waals surface area contributed by atoms with Crippen molar-refractivity contribution in [2.24, 2.45) is 13.0 Å². The predicted molar refractivity (Wildman–Crippen MR) is 84.4 cm³/mol. The van der Waals surface area contributed by atoms with Crippen molar-refractivity contribution in [3.63, 3.8) is 0 Å². The number of carbonyl (C=O) groups is 1. The molecule has 0 saturated carbocycles. The van der Waals surface area contributed by atoms with Crippen LogP contribution in [0.3, 0.4) is 0 Å². The zero-order chi connectivity index (χ0) is 13.0. The number of nitrogens with one attached hydrogen (secondary N) is 1. The molecule has 1 aromatic heterocycles. The molecule has 7 heteroatoms. The molecule has 1 fully saturated rings. The second-order valence-corrected chi connectivity index (χ2v) is 4.92. The zero-order valence-corrected chi connectivity index (χ0v) is 13.7. The van der Waals surface area contributed by atoms with Crippen LogP contribution in [0, 0.1) is 5.92 Å². The van der Waals surface area contributed by atoms with Gasteiger partial charge >= 0.3 is 0 Å². The summed E-state index contributed by atoms with van der Waals surface area (Å²) in [6, 6.07) is 0. The number of amides is 1. The Balaban J connectivity index is 0.00000180. The average Bonchev–Trinajstić information content (AvgIpc) is 2.82. The standard InChI is InChI=1S/C13H22N4O.2ClH/c1-3-17(10-11-7-15-16(2)9-11)13(18)12-5-4-6-14-8-12;;/h7,9,12,14H,3-6,8,10H2,1-2H3;2*1H. The number of piperidine rings is 1. The summed E-state index contributed by atoms with van der Waals surface area (Å²) in [4.78, 5) is 14.3. The SMILES string of the molecule is CCN(Cc1cnn(C)c1)C(=O)C1CCCNC1.Cl.Cl. The third kappa shape index (κ3) is 4.96. The van der Waals surface area contributed by atoms with Crippen LogP contribution in [0.15, 0.2) is 12.4 Å². The third-order valence-corrected chi connectivity index (χ3v) is 3.47. The second kappa shape index (κ2) is 9.21. The molecule has 1 aromatic rings. The van der Waals surface area contributed by atoms with Crippen LogP contribution in [0.5, 0.6) is 0 Å². The molecule has 1 aliphatic rings. The van der Waals surface area contributed by atoms with E-state index in [-0.39, 0.29) is 36.6 Å². The van der Waals surface area contributed by atoms with Gasteiger partial charge in [-0.2, -0.15) is 5.10 Å². The van der Waals surface area contributed by atoms with Crippen LogP contribution in [0.25, 0.3) is 0 Å². The molecule has 1 N–H and O–H groups in total. The Morgan fingerprint density at radius 2 is 2.30 bits per heavy atom. The fourth-order valence-electron chi connectivity index (χ4n) is 2.44. The molecule has 1 aliphatic heterocycles. The molecule has 116 valence electrons. The first kappa shape index (κ1) is 19.2. The van der Waals surface area contributed by atoms with Gasteiger partial charge in [0.1, 0.15) is 0 Å². The Bertz CT molecular complexity index is 405. The molecule has 0 bridgehead atoms. The van der Waals surface area contributed by atoms with E-state index in [1.165, 1.54) is 0 Å². The number of aryl methyl sites for hydroxylation is 1. The van der Waals surface area contributed by atoms with Gasteiger partial charge in [0.2, 0.25) is 5.91 Å². The highest BCUT2D eigenvalue weighted by atomic mass is 35.5. The van der Waals surface area contributed by atoms with Gasteiger partial charge < -0.3 is 10.2 Å². The minimum atomic E-state index is 0. The molecule has 0 aromatic carbocycles. The number of carbonyl (C=O) groups excluding carboxylic acids is 1. The summed E-state index contributed by atoms with van der Waals surface area (Å²) < 4.78 is 1.77. The van der Waals surface area contributed by atoms with Crippen LogP contribution in [-0.2, 0) is 18.4 Å². The minimum Gasteiger partial charge on any atom is -0.338 e. The summed E-state index contributed by atoms with van der Waals surface area (Å²) in [5.74, 6) is 0.420. The highest BCUT2D eigenvalue weighted by Gasteiger charge is 2.25. The monoisotopic (exact) mass is 322 g/mol. The summed E-state index contributed by atoms with van der Waals surface area (Å²) in [5.41, 5.74) is 1.09. The van der Waals surface area contributed by atoms with Crippen molar-refractivity contribution in [1.29, 1.82) is 0 Å². The summed E-state index contributed by atoms with van der Waals surface area (Å²) in [6.07, 6.45) is 5.90. The lowest BCUT2D eigenvalue weighted by Crippen LogP contribution is -2.42. The van der Waals surface area contributed by atoms with E-state index >= 15 is 0 Å². The summed E-state index contributed by atoms with van der Waals surface area (Å²) in [6.45, 7) is 5.31. The number of halogens is 2. The maximum atomic E-state index is 12.4. The fraction of sp³-hybridized carbons (Fsp3) is 0.692. The van der Waals surface area contributed by atoms with E-state index in [1.807, 2.05) is 31.3 Å². The lowest BCUT2D eigenvalue weighted by molar-refractivity contribution is -0.136. The van der Waals surface area contributed by atoms with Crippen LogP contribution in [0.1, 0.15) is 25.3 Å². The van der Waals surface area contributed by atoms with E-state index in [0.29, 0.717) is 6.54 Å². The van der Waals surface area contributed by atoms with Gasteiger partial charge in [-0.05, 0) is 26.3 Å². The van der Waals surface area contributed by atoms with Crippen LogP contribution >= 0.6 is 24.8 Å². The number of aromatic nitrogens is 2. The van der Waals surface area contributed by atoms with Crippen molar-refractivity contribution >= 4 is 30.7 Å². The Kier molecular flexibility index (Phi) is 8.85. The number of nitrogens with zero attached hydrogens (tertiary/aromatic N) is 3. The van der Waals surface area contributed by atoms with Crippen LogP contribution < -0.4 is 5.32 Å². The topological polar surface area (TPSA) is 50.2 Å². The van der Waals surface area contributed by atoms with Crippen LogP contribution in [-0.4, -0.2) is 40.2 Å². The van der Waals surface area contributed by atoms with Crippen molar-refractivity contribution < 1.29 is 4.79 Å². The number of rotatable bonds is 4. The highest BCUT2D eigenvalue weighted by molar-refractivity contribution is 5.85. The maximum absolute atomic E-state index is 12.4. The van der Waals surface area contributed by atoms with Crippen molar-refractivity contribution in [1.82, 2.24) is 20.0 Å². The maximum Gasteiger partial charge on any atom is 0.227 e. The van der Waals surface area contributed by atoms with Gasteiger partial charge in [0, 0.05) is 38.4 Å². The van der Waals surface area contributed by atoms with E-state index in [1.54, 1.807) is 4.68 Å². The summed E-state index contributed by atoms with van der Waals surface area (Å²) >= 11 is 0. The third-order valence-electron chi connectivity index (χ3n) is 3.47. The van der Waals surface area contributed by atoms with E-state index in [0.717, 1.165) is 38.0 Å². The van der Waals surface area contributed by atoms with Gasteiger partial charge in [0.25, 0.3) is 0 Å². The lowest BCUT2D eigenvalue weighted by Gasteiger charge is -2.28. The zero-order valence-electron chi connectivity index (χ0n) is 12.0. The first-order chi connectivity index (χ1) is 8.70. The molecule has 2 rings (SSSR count). The van der Waals surface area contributed by atoms with Gasteiger partial charge in [0.05, 0.1) is 12.1 Å². The first-order valence-corrected chi connectivity index (χ1v) is 6.67. The van der Waals surface area contributed by atoms with Crippen LogP contribution in [0.2, 0.25) is 0 Å². The Morgan fingerprint density at radius 1 is 1.55 bits per heavy atom. The van der Waals surface area contributed by atoms with Crippen LogP contribution in [0.4, 0.5) is 0 Å². The molecule has 0 aliphatic carbocycles. The summed E-state index contributed by atoms with van der Waals surface area (Å²) in [5, 5.41) is 7.44. The molecule has 1 saturated heterocycles. The van der Waals surface area contributed by atoms with Gasteiger partial charge in [0.15, 0.2) is 0 Å². The van der Waals surface area contributed by atoms with Crippen molar-refractivity contribution in [2.75, 3.05) is 19.6 Å². The molecule has 0 spiro atoms. The number of hydrogen-bond donors (Lipinski definition) is 1. The Morgan fingerprint density at radius 3 is 2.80 bits per heavy atom. The van der Waals surface area contributed by atoms with Gasteiger partial charge in [-0.15, -0.1) is 24.8 Å². The molecule has 20 heavy (non-hydrogen) atoms. The molecular weight excluding hydrogens is 299 g/mol. The molecule has 1 atom stereocenters. The Hall–Kier alpha value is -0.780. The van der Waals surface area contributed by atoms with Gasteiger partial charge in [-0.3, -0.25) is 9.48 Å². The van der Waals surface area contributed by atoms with Crippen molar-refractivity contribution in [3.8, 4) is 0 Å². The van der Waals surface area contributed by atoms with E-state index in [9.17, 15) is 4.79 Å². The van der Waals surface area contributed by atoms with Crippen molar-refractivity contribution in [3.05, 3.63) is 18.0 Å². The minimum absolute atomic E-state index is 0. The molecule has 1 unspecified atom stereocenters. The number of hydrogen-bond acceptors (Lipinski definition) is 3.